The molecular weight excluding hydrogens is 1300 g/mol. The van der Waals surface area contributed by atoms with Crippen molar-refractivity contribution in [3.05, 3.63) is 119 Å². The number of fused-ring (bicyclic) bond motifs is 4. The van der Waals surface area contributed by atoms with Crippen LogP contribution in [0, 0.1) is 11.8 Å². The van der Waals surface area contributed by atoms with Crippen molar-refractivity contribution in [2.24, 2.45) is 17.6 Å². The molecule has 3 aliphatic rings. The fourth-order valence-electron chi connectivity index (χ4n) is 12.0. The molecule has 99 heavy (non-hydrogen) atoms. The van der Waals surface area contributed by atoms with Gasteiger partial charge in [0.15, 0.2) is 17.3 Å². The third kappa shape index (κ3) is 22.9. The zero-order valence-corrected chi connectivity index (χ0v) is 57.4. The Morgan fingerprint density at radius 1 is 0.667 bits per heavy atom. The molecule has 26 heteroatoms. The smallest absolute Gasteiger partial charge is 0.415 e. The highest BCUT2D eigenvalue weighted by Gasteiger charge is 2.37. The van der Waals surface area contributed by atoms with Crippen LogP contribution in [0.25, 0.3) is 21.7 Å². The number of alkyl halides is 1. The van der Waals surface area contributed by atoms with Crippen LogP contribution < -0.4 is 31.3 Å². The monoisotopic (exact) mass is 1390 g/mol. The van der Waals surface area contributed by atoms with E-state index in [1.54, 1.807) is 58.3 Å². The third-order valence-electron chi connectivity index (χ3n) is 17.6. The summed E-state index contributed by atoms with van der Waals surface area (Å²) >= 11 is 6.57. The molecule has 4 aromatic carbocycles. The number of likely N-dealkylation sites (N-methyl/N-ethyl adjacent to an activating group) is 1. The molecule has 0 saturated carbocycles. The first kappa shape index (κ1) is 76.0. The minimum atomic E-state index is -0.905. The molecule has 5 N–H and O–H groups in total. The topological polar surface area (TPSA) is 322 Å². The molecule has 1 aromatic heterocycles. The summed E-state index contributed by atoms with van der Waals surface area (Å²) in [6.45, 7) is 9.48. The number of piperazine rings is 1. The molecular formula is C73H91ClN8O17. The van der Waals surface area contributed by atoms with Gasteiger partial charge in [0, 0.05) is 156 Å². The van der Waals surface area contributed by atoms with Crippen molar-refractivity contribution in [1.82, 2.24) is 30.7 Å². The van der Waals surface area contributed by atoms with Crippen molar-refractivity contribution in [3.8, 4) is 5.75 Å². The summed E-state index contributed by atoms with van der Waals surface area (Å²) in [6.07, 6.45) is 4.39. The number of furan rings is 1. The number of halogens is 1. The number of rotatable bonds is 42. The predicted molar refractivity (Wildman–Crippen MR) is 369 cm³/mol. The number of anilines is 1. The Balaban J connectivity index is 0.722. The van der Waals surface area contributed by atoms with Crippen molar-refractivity contribution >= 4 is 104 Å². The van der Waals surface area contributed by atoms with Gasteiger partial charge in [-0.3, -0.25) is 52.8 Å². The van der Waals surface area contributed by atoms with Crippen LogP contribution in [-0.2, 0) is 70.1 Å². The number of carbonyl (C=O) groups excluding carboxylic acids is 11. The molecule has 1 saturated heterocycles. The van der Waals surface area contributed by atoms with Gasteiger partial charge >= 0.3 is 6.09 Å². The molecule has 0 bridgehead atoms. The van der Waals surface area contributed by atoms with E-state index >= 15 is 0 Å². The summed E-state index contributed by atoms with van der Waals surface area (Å²) in [5.74, 6) is -3.46. The number of Topliss-reactive ketones (excluding diaryl/α,β-unsaturated/α-hetero) is 3. The number of ether oxygens (including phenoxy) is 5. The molecule has 8 amide bonds. The zero-order valence-electron chi connectivity index (χ0n) is 56.7. The zero-order chi connectivity index (χ0) is 70.8. The van der Waals surface area contributed by atoms with Crippen molar-refractivity contribution in [1.29, 1.82) is 0 Å². The minimum absolute atomic E-state index is 0.0227. The quantitative estimate of drug-likeness (QED) is 0.0135. The number of hydrogen-bond donors (Lipinski definition) is 4. The normalized spacial score (nSPS) is 15.2. The molecule has 3 aliphatic heterocycles. The average molecular weight is 1390 g/mol. The molecule has 1 fully saturated rings. The van der Waals surface area contributed by atoms with Gasteiger partial charge in [-0.25, -0.2) is 4.79 Å². The molecule has 532 valence electrons. The second-order valence-electron chi connectivity index (χ2n) is 25.3. The first-order valence-electron chi connectivity index (χ1n) is 34.0. The van der Waals surface area contributed by atoms with E-state index in [0.717, 1.165) is 34.3 Å². The average Bonchev–Trinajstić information content (AvgIpc) is 1.63. The maximum absolute atomic E-state index is 14.5. The van der Waals surface area contributed by atoms with E-state index < -0.39 is 41.7 Å². The molecule has 0 unspecified atom stereocenters. The lowest BCUT2D eigenvalue weighted by Gasteiger charge is -2.31. The second-order valence-corrected chi connectivity index (χ2v) is 25.6. The Hall–Kier alpha value is -8.72. The summed E-state index contributed by atoms with van der Waals surface area (Å²) in [4.78, 5) is 148. The number of amides is 8. The molecule has 0 aliphatic carbocycles. The lowest BCUT2D eigenvalue weighted by Crippen LogP contribution is -2.48. The van der Waals surface area contributed by atoms with E-state index in [4.69, 9.17) is 45.4 Å². The van der Waals surface area contributed by atoms with Crippen molar-refractivity contribution in [2.45, 2.75) is 103 Å². The lowest BCUT2D eigenvalue weighted by molar-refractivity contribution is -0.137. The van der Waals surface area contributed by atoms with Crippen molar-refractivity contribution in [2.75, 3.05) is 123 Å². The Morgan fingerprint density at radius 3 is 1.96 bits per heavy atom. The van der Waals surface area contributed by atoms with Gasteiger partial charge in [-0.2, -0.15) is 0 Å². The van der Waals surface area contributed by atoms with Crippen LogP contribution >= 0.6 is 11.6 Å². The van der Waals surface area contributed by atoms with Crippen molar-refractivity contribution < 1.29 is 80.8 Å². The van der Waals surface area contributed by atoms with Gasteiger partial charge in [0.1, 0.15) is 17.1 Å². The maximum Gasteiger partial charge on any atom is 0.415 e. The number of nitrogens with two attached hydrogens (primary N) is 1. The summed E-state index contributed by atoms with van der Waals surface area (Å²) in [5, 5.41) is 10.7. The number of imide groups is 1. The number of ketones is 3. The Kier molecular flexibility index (Phi) is 29.6. The number of primary amides is 1. The largest absolute Gasteiger partial charge is 0.451 e. The van der Waals surface area contributed by atoms with Gasteiger partial charge in [-0.05, 0) is 78.9 Å². The second kappa shape index (κ2) is 38.6. The number of benzene rings is 4. The first-order chi connectivity index (χ1) is 47.8. The molecule has 0 radical (unpaired) electrons. The molecule has 5 aromatic rings. The van der Waals surface area contributed by atoms with Gasteiger partial charge in [-0.15, -0.1) is 11.6 Å². The molecule has 3 atom stereocenters. The lowest BCUT2D eigenvalue weighted by atomic mass is 9.89. The number of nitrogens with one attached hydrogen (secondary N) is 3. The van der Waals surface area contributed by atoms with E-state index in [1.165, 1.54) is 12.2 Å². The molecule has 4 heterocycles. The van der Waals surface area contributed by atoms with Gasteiger partial charge < -0.3 is 64.5 Å². The standard InChI is InChI=1S/C73H91ClN8O17/c1-48(2)55(19-21-66(87)76-26-27-77-67(88)25-34-95-36-38-97-40-39-96-37-35-94-33-8-9-54(83)24-28-81-68(89)22-23-69(81)90)71(91)78-58(12-6-7-13-65(75)86)61(85)42-49-14-17-51(18-15-49)60(84)43-50-16-20-62-52(41-50)44-64(98-62)72(92)82-47-53(46-74)70-57-11-5-4-10-56(57)63(45-59(70)82)99-73(93)80-31-29-79(3)30-32-80/h4-5,10-11,14-18,20,22-23,41,44-45,48,53,55,58H,6-9,12-13,19,21,24-40,42-43,46-47H2,1-3H3,(H2,75,86)(H,76,87)(H,77,88)(H,78,91)/t53-,55+,58+/m1/s1. The predicted octanol–water partition coefficient (Wildman–Crippen LogP) is 6.79. The number of hydrogen-bond acceptors (Lipinski definition) is 18. The summed E-state index contributed by atoms with van der Waals surface area (Å²) in [5.41, 5.74) is 9.02. The SMILES string of the molecule is CC(C)[C@H](CCC(=O)NCCNC(=O)CCOCCOCCOCCOCCCC(=O)CCN1C(=O)C=CC1=O)C(=O)N[C@@H](CCCCC(N)=O)C(=O)Cc1ccc(C(=O)Cc2ccc3oc(C(=O)N4C[C@@H](CCl)c5c4cc(OC(=O)N4CCN(C)CC4)c4ccccc54)cc3c2)cc1. The number of nitrogens with zero attached hydrogens (tertiary/aromatic N) is 4. The van der Waals surface area contributed by atoms with Gasteiger partial charge in [-0.1, -0.05) is 74.9 Å². The highest BCUT2D eigenvalue weighted by Crippen LogP contribution is 2.46. The summed E-state index contributed by atoms with van der Waals surface area (Å²) in [6, 6.07) is 22.1. The first-order valence-corrected chi connectivity index (χ1v) is 34.5. The summed E-state index contributed by atoms with van der Waals surface area (Å²) < 4.78 is 34.2. The molecule has 25 nitrogen and oxygen atoms in total. The van der Waals surface area contributed by atoms with E-state index in [1.807, 2.05) is 51.2 Å². The van der Waals surface area contributed by atoms with E-state index in [-0.39, 0.29) is 149 Å². The van der Waals surface area contributed by atoms with Crippen LogP contribution in [0.4, 0.5) is 10.5 Å². The number of unbranched alkanes of at least 4 members (excludes halogenated alkanes) is 1. The Bertz CT molecular complexity index is 3680. The molecule has 0 spiro atoms. The maximum atomic E-state index is 14.5. The highest BCUT2D eigenvalue weighted by molar-refractivity contribution is 6.19. The van der Waals surface area contributed by atoms with Gasteiger partial charge in [0.05, 0.1) is 58.0 Å². The summed E-state index contributed by atoms with van der Waals surface area (Å²) in [7, 11) is 2.01. The van der Waals surface area contributed by atoms with Crippen LogP contribution in [0.15, 0.2) is 95.4 Å². The van der Waals surface area contributed by atoms with Gasteiger partial charge in [0.25, 0.3) is 17.7 Å². The Morgan fingerprint density at radius 2 is 1.30 bits per heavy atom. The van der Waals surface area contributed by atoms with E-state index in [0.29, 0.717) is 118 Å². The van der Waals surface area contributed by atoms with Crippen LogP contribution in [-0.4, -0.2) is 204 Å². The Labute approximate surface area is 581 Å². The fourth-order valence-corrected chi connectivity index (χ4v) is 12.3. The van der Waals surface area contributed by atoms with Crippen LogP contribution in [0.2, 0.25) is 0 Å². The van der Waals surface area contributed by atoms with Crippen LogP contribution in [0.5, 0.6) is 5.75 Å². The van der Waals surface area contributed by atoms with Crippen LogP contribution in [0.1, 0.15) is 122 Å². The minimum Gasteiger partial charge on any atom is -0.451 e. The fraction of sp³-hybridized carbons (Fsp3) is 0.493. The third-order valence-corrected chi connectivity index (χ3v) is 18.0. The molecule has 8 rings (SSSR count). The van der Waals surface area contributed by atoms with E-state index in [9.17, 15) is 52.7 Å². The van der Waals surface area contributed by atoms with Crippen LogP contribution in [0.3, 0.4) is 0 Å². The van der Waals surface area contributed by atoms with Gasteiger partial charge in [0.2, 0.25) is 23.6 Å². The van der Waals surface area contributed by atoms with Crippen molar-refractivity contribution in [3.63, 3.8) is 0 Å². The number of carbonyl (C=O) groups is 11. The van der Waals surface area contributed by atoms with E-state index in [2.05, 4.69) is 20.9 Å². The highest BCUT2D eigenvalue weighted by atomic mass is 35.5.